The largest absolute Gasteiger partial charge is 0.335 e. The summed E-state index contributed by atoms with van der Waals surface area (Å²) in [5.41, 5.74) is 0.893. The van der Waals surface area contributed by atoms with E-state index in [1.165, 1.54) is 0 Å². The zero-order chi connectivity index (χ0) is 17.9. The second kappa shape index (κ2) is 7.09. The number of para-hydroxylation sites is 1. The Hall–Kier alpha value is -2.62. The van der Waals surface area contributed by atoms with Crippen LogP contribution >= 0.6 is 0 Å². The van der Waals surface area contributed by atoms with Crippen molar-refractivity contribution in [3.05, 3.63) is 66.2 Å². The summed E-state index contributed by atoms with van der Waals surface area (Å²) in [5.74, 6) is -0.262. The number of hydrogen-bond donors (Lipinski definition) is 1. The van der Waals surface area contributed by atoms with E-state index in [0.29, 0.717) is 19.4 Å². The van der Waals surface area contributed by atoms with Crippen LogP contribution < -0.4 is 5.32 Å². The van der Waals surface area contributed by atoms with Gasteiger partial charge in [0.2, 0.25) is 11.8 Å². The van der Waals surface area contributed by atoms with E-state index in [0.717, 1.165) is 11.3 Å². The Kier molecular flexibility index (Phi) is 4.88. The van der Waals surface area contributed by atoms with Gasteiger partial charge in [-0.15, -0.1) is 0 Å². The summed E-state index contributed by atoms with van der Waals surface area (Å²) in [6.45, 7) is 4.51. The molecule has 2 amide bonds. The van der Waals surface area contributed by atoms with Gasteiger partial charge in [0.05, 0.1) is 0 Å². The van der Waals surface area contributed by atoms with Crippen LogP contribution in [0.2, 0.25) is 0 Å². The lowest BCUT2D eigenvalue weighted by Gasteiger charge is -2.30. The molecule has 1 aliphatic carbocycles. The maximum absolute atomic E-state index is 13.2. The van der Waals surface area contributed by atoms with Crippen LogP contribution in [0.4, 0.5) is 5.69 Å². The molecule has 25 heavy (non-hydrogen) atoms. The van der Waals surface area contributed by atoms with Crippen molar-refractivity contribution in [1.82, 2.24) is 4.90 Å². The first kappa shape index (κ1) is 17.2. The first-order valence-corrected chi connectivity index (χ1v) is 8.74. The van der Waals surface area contributed by atoms with Gasteiger partial charge in [0.25, 0.3) is 0 Å². The molecule has 0 atom stereocenters. The SMILES string of the molecule is CC(C)N(Cc1ccccc1)C(=O)C1(C(=O)Nc2ccccc2)CC1. The molecule has 0 heterocycles. The van der Waals surface area contributed by atoms with Crippen molar-refractivity contribution in [2.75, 3.05) is 5.32 Å². The molecular weight excluding hydrogens is 312 g/mol. The molecule has 0 aromatic heterocycles. The zero-order valence-corrected chi connectivity index (χ0v) is 14.7. The molecule has 0 aliphatic heterocycles. The number of anilines is 1. The lowest BCUT2D eigenvalue weighted by atomic mass is 10.0. The molecule has 0 saturated heterocycles. The summed E-state index contributed by atoms with van der Waals surface area (Å²) in [4.78, 5) is 27.7. The second-order valence-electron chi connectivity index (χ2n) is 6.91. The molecule has 2 aromatic rings. The van der Waals surface area contributed by atoms with Crippen molar-refractivity contribution < 1.29 is 9.59 Å². The minimum absolute atomic E-state index is 0.0368. The summed E-state index contributed by atoms with van der Waals surface area (Å²) in [6, 6.07) is 19.2. The Bertz CT molecular complexity index is 737. The molecule has 1 N–H and O–H groups in total. The van der Waals surface area contributed by atoms with Crippen LogP contribution in [0.1, 0.15) is 32.3 Å². The van der Waals surface area contributed by atoms with Crippen LogP contribution in [-0.4, -0.2) is 22.8 Å². The maximum atomic E-state index is 13.2. The normalized spacial score (nSPS) is 14.8. The van der Waals surface area contributed by atoms with E-state index in [1.54, 1.807) is 0 Å². The van der Waals surface area contributed by atoms with Crippen LogP contribution in [-0.2, 0) is 16.1 Å². The summed E-state index contributed by atoms with van der Waals surface area (Å²) >= 11 is 0. The number of carbonyl (C=O) groups is 2. The van der Waals surface area contributed by atoms with Crippen LogP contribution in [0, 0.1) is 5.41 Å². The summed E-state index contributed by atoms with van der Waals surface area (Å²) in [5, 5.41) is 2.90. The van der Waals surface area contributed by atoms with Crippen molar-refractivity contribution >= 4 is 17.5 Å². The number of carbonyl (C=O) groups excluding carboxylic acids is 2. The predicted molar refractivity (Wildman–Crippen MR) is 98.9 cm³/mol. The van der Waals surface area contributed by atoms with E-state index in [1.807, 2.05) is 79.4 Å². The van der Waals surface area contributed by atoms with Crippen molar-refractivity contribution in [1.29, 1.82) is 0 Å². The highest BCUT2D eigenvalue weighted by Crippen LogP contribution is 2.48. The standard InChI is InChI=1S/C21H24N2O2/c1-16(2)23(15-17-9-5-3-6-10-17)20(25)21(13-14-21)19(24)22-18-11-7-4-8-12-18/h3-12,16H,13-15H2,1-2H3,(H,22,24). The highest BCUT2D eigenvalue weighted by molar-refractivity contribution is 6.13. The van der Waals surface area contributed by atoms with Gasteiger partial charge in [-0.05, 0) is 44.4 Å². The Morgan fingerprint density at radius 3 is 2.08 bits per heavy atom. The van der Waals surface area contributed by atoms with Crippen molar-refractivity contribution in [2.45, 2.75) is 39.3 Å². The van der Waals surface area contributed by atoms with E-state index < -0.39 is 5.41 Å². The fraction of sp³-hybridized carbons (Fsp3) is 0.333. The molecule has 0 unspecified atom stereocenters. The van der Waals surface area contributed by atoms with E-state index in [-0.39, 0.29) is 17.9 Å². The highest BCUT2D eigenvalue weighted by Gasteiger charge is 2.58. The van der Waals surface area contributed by atoms with Gasteiger partial charge in [-0.25, -0.2) is 0 Å². The summed E-state index contributed by atoms with van der Waals surface area (Å²) in [7, 11) is 0. The lowest BCUT2D eigenvalue weighted by molar-refractivity contribution is -0.144. The van der Waals surface area contributed by atoms with Gasteiger partial charge in [-0.3, -0.25) is 9.59 Å². The molecular formula is C21H24N2O2. The van der Waals surface area contributed by atoms with E-state index in [9.17, 15) is 9.59 Å². The fourth-order valence-corrected chi connectivity index (χ4v) is 2.98. The molecule has 2 aromatic carbocycles. The van der Waals surface area contributed by atoms with Crippen molar-refractivity contribution in [2.24, 2.45) is 5.41 Å². The van der Waals surface area contributed by atoms with Gasteiger partial charge in [-0.1, -0.05) is 48.5 Å². The van der Waals surface area contributed by atoms with E-state index in [4.69, 9.17) is 0 Å². The maximum Gasteiger partial charge on any atom is 0.240 e. The predicted octanol–water partition coefficient (Wildman–Crippen LogP) is 3.84. The Morgan fingerprint density at radius 1 is 1.00 bits per heavy atom. The number of amides is 2. The van der Waals surface area contributed by atoms with Crippen molar-refractivity contribution in [3.63, 3.8) is 0 Å². The third kappa shape index (κ3) is 3.73. The van der Waals surface area contributed by atoms with Gasteiger partial charge in [0.1, 0.15) is 5.41 Å². The third-order valence-electron chi connectivity index (χ3n) is 4.71. The van der Waals surface area contributed by atoms with Gasteiger partial charge < -0.3 is 10.2 Å². The Balaban J connectivity index is 1.75. The number of nitrogens with zero attached hydrogens (tertiary/aromatic N) is 1. The molecule has 4 heteroatoms. The van der Waals surface area contributed by atoms with Gasteiger partial charge in [0, 0.05) is 18.3 Å². The number of hydrogen-bond acceptors (Lipinski definition) is 2. The van der Waals surface area contributed by atoms with Crippen LogP contribution in [0.3, 0.4) is 0 Å². The fourth-order valence-electron chi connectivity index (χ4n) is 2.98. The minimum Gasteiger partial charge on any atom is -0.335 e. The molecule has 4 nitrogen and oxygen atoms in total. The van der Waals surface area contributed by atoms with E-state index in [2.05, 4.69) is 5.32 Å². The summed E-state index contributed by atoms with van der Waals surface area (Å²) < 4.78 is 0. The average Bonchev–Trinajstić information content (AvgIpc) is 3.43. The Morgan fingerprint density at radius 2 is 1.56 bits per heavy atom. The molecule has 1 saturated carbocycles. The molecule has 1 fully saturated rings. The molecule has 0 radical (unpaired) electrons. The van der Waals surface area contributed by atoms with E-state index >= 15 is 0 Å². The third-order valence-corrected chi connectivity index (χ3v) is 4.71. The van der Waals surface area contributed by atoms with Gasteiger partial charge in [0.15, 0.2) is 0 Å². The zero-order valence-electron chi connectivity index (χ0n) is 14.7. The molecule has 130 valence electrons. The molecule has 0 spiro atoms. The monoisotopic (exact) mass is 336 g/mol. The second-order valence-corrected chi connectivity index (χ2v) is 6.91. The average molecular weight is 336 g/mol. The van der Waals surface area contributed by atoms with Gasteiger partial charge >= 0.3 is 0 Å². The van der Waals surface area contributed by atoms with Crippen LogP contribution in [0.15, 0.2) is 60.7 Å². The van der Waals surface area contributed by atoms with Crippen LogP contribution in [0.5, 0.6) is 0 Å². The number of nitrogens with one attached hydrogen (secondary N) is 1. The molecule has 1 aliphatic rings. The molecule has 3 rings (SSSR count). The van der Waals surface area contributed by atoms with Crippen LogP contribution in [0.25, 0.3) is 0 Å². The minimum atomic E-state index is -0.908. The number of rotatable bonds is 6. The molecule has 0 bridgehead atoms. The lowest BCUT2D eigenvalue weighted by Crippen LogP contribution is -2.45. The Labute approximate surface area is 148 Å². The number of benzene rings is 2. The quantitative estimate of drug-likeness (QED) is 0.815. The first-order chi connectivity index (χ1) is 12.0. The highest BCUT2D eigenvalue weighted by atomic mass is 16.2. The topological polar surface area (TPSA) is 49.4 Å². The first-order valence-electron chi connectivity index (χ1n) is 8.74. The summed E-state index contributed by atoms with van der Waals surface area (Å²) in [6.07, 6.45) is 1.23. The van der Waals surface area contributed by atoms with Crippen molar-refractivity contribution in [3.8, 4) is 0 Å². The van der Waals surface area contributed by atoms with Gasteiger partial charge in [-0.2, -0.15) is 0 Å². The smallest absolute Gasteiger partial charge is 0.240 e.